The molecule has 0 spiro atoms. The minimum Gasteiger partial charge on any atom is -0.457 e. The maximum absolute atomic E-state index is 11.8. The lowest BCUT2D eigenvalue weighted by atomic mass is 10.2. The predicted molar refractivity (Wildman–Crippen MR) is 84.9 cm³/mol. The lowest BCUT2D eigenvalue weighted by Gasteiger charge is -2.03. The van der Waals surface area contributed by atoms with E-state index in [1.807, 2.05) is 0 Å². The number of nitro benzene ring substituents is 1. The standard InChI is InChI=1S/C15H14ClN3O4/c1-10-12(15(16)18(2)17-10)7-8-14(20)23-9-11-5-3-4-6-13(11)19(21)22/h3-8H,9H2,1-2H3/b8-7+. The molecule has 2 rings (SSSR count). The Morgan fingerprint density at radius 1 is 1.48 bits per heavy atom. The van der Waals surface area contributed by atoms with Gasteiger partial charge in [0.2, 0.25) is 0 Å². The second kappa shape index (κ2) is 7.06. The van der Waals surface area contributed by atoms with Gasteiger partial charge in [-0.15, -0.1) is 0 Å². The molecule has 8 heteroatoms. The summed E-state index contributed by atoms with van der Waals surface area (Å²) in [5, 5.41) is 15.4. The van der Waals surface area contributed by atoms with Gasteiger partial charge in [-0.2, -0.15) is 5.10 Å². The Hall–Kier alpha value is -2.67. The van der Waals surface area contributed by atoms with Gasteiger partial charge in [0.25, 0.3) is 5.69 Å². The molecule has 0 aliphatic carbocycles. The number of carbonyl (C=O) groups excluding carboxylic acids is 1. The molecule has 0 saturated carbocycles. The van der Waals surface area contributed by atoms with Crippen molar-refractivity contribution < 1.29 is 14.5 Å². The highest BCUT2D eigenvalue weighted by Gasteiger charge is 2.13. The van der Waals surface area contributed by atoms with E-state index in [1.54, 1.807) is 26.1 Å². The van der Waals surface area contributed by atoms with Crippen LogP contribution in [0.25, 0.3) is 6.08 Å². The van der Waals surface area contributed by atoms with Crippen LogP contribution in [0.5, 0.6) is 0 Å². The van der Waals surface area contributed by atoms with Crippen LogP contribution >= 0.6 is 11.6 Å². The van der Waals surface area contributed by atoms with Gasteiger partial charge in [0.15, 0.2) is 0 Å². The van der Waals surface area contributed by atoms with Crippen molar-refractivity contribution in [2.75, 3.05) is 0 Å². The number of aromatic nitrogens is 2. The van der Waals surface area contributed by atoms with Crippen molar-refractivity contribution in [2.45, 2.75) is 13.5 Å². The number of ether oxygens (including phenoxy) is 1. The highest BCUT2D eigenvalue weighted by molar-refractivity contribution is 6.31. The molecule has 0 fully saturated rings. The molecular weight excluding hydrogens is 322 g/mol. The fourth-order valence-corrected chi connectivity index (χ4v) is 2.23. The molecule has 0 N–H and O–H groups in total. The quantitative estimate of drug-likeness (QED) is 0.363. The van der Waals surface area contributed by atoms with E-state index in [2.05, 4.69) is 5.10 Å². The molecule has 0 amide bonds. The van der Waals surface area contributed by atoms with Crippen molar-refractivity contribution in [1.82, 2.24) is 9.78 Å². The number of nitrogens with zero attached hydrogens (tertiary/aromatic N) is 3. The van der Waals surface area contributed by atoms with Crippen LogP contribution in [0.4, 0.5) is 5.69 Å². The first-order valence-corrected chi connectivity index (χ1v) is 7.04. The van der Waals surface area contributed by atoms with Crippen LogP contribution in [0.15, 0.2) is 30.3 Å². The molecule has 0 aliphatic rings. The molecule has 0 atom stereocenters. The maximum atomic E-state index is 11.8. The smallest absolute Gasteiger partial charge is 0.331 e. The zero-order chi connectivity index (χ0) is 17.0. The molecule has 23 heavy (non-hydrogen) atoms. The van der Waals surface area contributed by atoms with Crippen LogP contribution in [-0.4, -0.2) is 20.7 Å². The summed E-state index contributed by atoms with van der Waals surface area (Å²) in [6.07, 6.45) is 2.72. The lowest BCUT2D eigenvalue weighted by molar-refractivity contribution is -0.385. The summed E-state index contributed by atoms with van der Waals surface area (Å²) in [6, 6.07) is 6.09. The average molecular weight is 336 g/mol. The van der Waals surface area contributed by atoms with Gasteiger partial charge >= 0.3 is 5.97 Å². The van der Waals surface area contributed by atoms with E-state index in [9.17, 15) is 14.9 Å². The third-order valence-corrected chi connectivity index (χ3v) is 3.59. The molecule has 0 aliphatic heterocycles. The Balaban J connectivity index is 2.03. The normalized spacial score (nSPS) is 10.9. The van der Waals surface area contributed by atoms with Crippen LogP contribution in [0.2, 0.25) is 5.15 Å². The number of esters is 1. The van der Waals surface area contributed by atoms with Crippen molar-refractivity contribution in [2.24, 2.45) is 7.05 Å². The molecule has 7 nitrogen and oxygen atoms in total. The number of para-hydroxylation sites is 1. The van der Waals surface area contributed by atoms with E-state index in [4.69, 9.17) is 16.3 Å². The first kappa shape index (κ1) is 16.7. The van der Waals surface area contributed by atoms with E-state index in [1.165, 1.54) is 29.0 Å². The van der Waals surface area contributed by atoms with Crippen molar-refractivity contribution in [1.29, 1.82) is 0 Å². The first-order chi connectivity index (χ1) is 10.9. The molecule has 0 bridgehead atoms. The fraction of sp³-hybridized carbons (Fsp3) is 0.200. The Kier molecular flexibility index (Phi) is 5.13. The largest absolute Gasteiger partial charge is 0.457 e. The Bertz CT molecular complexity index is 783. The summed E-state index contributed by atoms with van der Waals surface area (Å²) in [5.74, 6) is -0.623. The highest BCUT2D eigenvalue weighted by Crippen LogP contribution is 2.21. The molecule has 2 aromatic rings. The molecule has 0 radical (unpaired) electrons. The summed E-state index contributed by atoms with van der Waals surface area (Å²) < 4.78 is 6.52. The second-order valence-corrected chi connectivity index (χ2v) is 5.10. The molecular formula is C15H14ClN3O4. The van der Waals surface area contributed by atoms with Crippen LogP contribution in [-0.2, 0) is 23.2 Å². The van der Waals surface area contributed by atoms with Crippen LogP contribution in [0.1, 0.15) is 16.8 Å². The average Bonchev–Trinajstić information content (AvgIpc) is 2.76. The summed E-state index contributed by atoms with van der Waals surface area (Å²) in [4.78, 5) is 22.1. The lowest BCUT2D eigenvalue weighted by Crippen LogP contribution is -2.03. The predicted octanol–water partition coefficient (Wildman–Crippen LogP) is 3.05. The van der Waals surface area contributed by atoms with Gasteiger partial charge in [0.1, 0.15) is 11.8 Å². The van der Waals surface area contributed by atoms with Gasteiger partial charge < -0.3 is 4.74 Å². The molecule has 1 heterocycles. The third-order valence-electron chi connectivity index (χ3n) is 3.14. The second-order valence-electron chi connectivity index (χ2n) is 4.74. The Morgan fingerprint density at radius 3 is 2.78 bits per heavy atom. The van der Waals surface area contributed by atoms with Crippen molar-refractivity contribution in [3.63, 3.8) is 0 Å². The maximum Gasteiger partial charge on any atom is 0.331 e. The Morgan fingerprint density at radius 2 is 2.17 bits per heavy atom. The van der Waals surface area contributed by atoms with Crippen molar-refractivity contribution >= 4 is 29.3 Å². The monoisotopic (exact) mass is 335 g/mol. The van der Waals surface area contributed by atoms with E-state index < -0.39 is 10.9 Å². The van der Waals surface area contributed by atoms with Crippen molar-refractivity contribution in [3.8, 4) is 0 Å². The number of rotatable bonds is 5. The minimum atomic E-state index is -0.623. The van der Waals surface area contributed by atoms with Gasteiger partial charge in [-0.25, -0.2) is 4.79 Å². The molecule has 1 aromatic carbocycles. The van der Waals surface area contributed by atoms with Gasteiger partial charge in [0.05, 0.1) is 16.2 Å². The Labute approximate surface area is 137 Å². The summed E-state index contributed by atoms with van der Waals surface area (Å²) in [5.41, 5.74) is 1.54. The number of halogens is 1. The molecule has 0 saturated heterocycles. The van der Waals surface area contributed by atoms with E-state index in [0.29, 0.717) is 22.0 Å². The molecule has 0 unspecified atom stereocenters. The SMILES string of the molecule is Cc1nn(C)c(Cl)c1/C=C/C(=O)OCc1ccccc1[N+](=O)[O-]. The van der Waals surface area contributed by atoms with Gasteiger partial charge in [-0.05, 0) is 19.1 Å². The van der Waals surface area contributed by atoms with E-state index in [-0.39, 0.29) is 12.3 Å². The number of aryl methyl sites for hydroxylation is 2. The molecule has 1 aromatic heterocycles. The number of benzene rings is 1. The third kappa shape index (κ3) is 3.95. The number of hydrogen-bond donors (Lipinski definition) is 0. The number of hydrogen-bond acceptors (Lipinski definition) is 5. The van der Waals surface area contributed by atoms with E-state index >= 15 is 0 Å². The molecule has 120 valence electrons. The van der Waals surface area contributed by atoms with Crippen molar-refractivity contribution in [3.05, 3.63) is 62.4 Å². The van der Waals surface area contributed by atoms with Crippen LogP contribution in [0.3, 0.4) is 0 Å². The summed E-state index contributed by atoms with van der Waals surface area (Å²) >= 11 is 6.05. The zero-order valence-corrected chi connectivity index (χ0v) is 13.3. The topological polar surface area (TPSA) is 87.3 Å². The fourth-order valence-electron chi connectivity index (χ4n) is 2.00. The number of nitro groups is 1. The van der Waals surface area contributed by atoms with E-state index in [0.717, 1.165) is 0 Å². The highest BCUT2D eigenvalue weighted by atomic mass is 35.5. The summed E-state index contributed by atoms with van der Waals surface area (Å²) in [6.45, 7) is 1.59. The first-order valence-electron chi connectivity index (χ1n) is 6.66. The minimum absolute atomic E-state index is 0.0876. The van der Waals surface area contributed by atoms with Gasteiger partial charge in [-0.3, -0.25) is 14.8 Å². The number of carbonyl (C=O) groups is 1. The summed E-state index contributed by atoms with van der Waals surface area (Å²) in [7, 11) is 1.69. The zero-order valence-electron chi connectivity index (χ0n) is 12.5. The van der Waals surface area contributed by atoms with Gasteiger partial charge in [0, 0.05) is 24.8 Å². The van der Waals surface area contributed by atoms with Crippen LogP contribution < -0.4 is 0 Å². The van der Waals surface area contributed by atoms with Crippen LogP contribution in [0, 0.1) is 17.0 Å². The van der Waals surface area contributed by atoms with Gasteiger partial charge in [-0.1, -0.05) is 23.7 Å².